The maximum Gasteiger partial charge on any atom is 0.416 e. The van der Waals surface area contributed by atoms with Crippen LogP contribution in [-0.4, -0.2) is 44.6 Å². The van der Waals surface area contributed by atoms with Gasteiger partial charge in [-0.3, -0.25) is 14.3 Å². The number of hydrogen-bond acceptors (Lipinski definition) is 7. The minimum absolute atomic E-state index is 0.0488. The molecule has 1 fully saturated rings. The molecule has 0 radical (unpaired) electrons. The molecule has 4 N–H and O–H groups in total. The van der Waals surface area contributed by atoms with E-state index in [2.05, 4.69) is 5.32 Å². The topological polar surface area (TPSA) is 130 Å². The molecule has 3 aromatic rings. The number of ether oxygens (including phenoxy) is 1. The van der Waals surface area contributed by atoms with Crippen LogP contribution in [0, 0.1) is 0 Å². The summed E-state index contributed by atoms with van der Waals surface area (Å²) >= 11 is 6.04. The van der Waals surface area contributed by atoms with Gasteiger partial charge in [0.25, 0.3) is 5.56 Å². The Balaban J connectivity index is 1.39. The molecule has 0 bridgehead atoms. The zero-order valence-electron chi connectivity index (χ0n) is 17.3. The van der Waals surface area contributed by atoms with Crippen LogP contribution in [0.15, 0.2) is 56.6 Å². The Kier molecular flexibility index (Phi) is 6.69. The first-order chi connectivity index (χ1) is 16.0. The molecule has 182 valence electrons. The Morgan fingerprint density at radius 2 is 1.88 bits per heavy atom. The summed E-state index contributed by atoms with van der Waals surface area (Å²) in [5, 5.41) is 23.6. The molecule has 1 saturated heterocycles. The number of furan rings is 1. The van der Waals surface area contributed by atoms with E-state index >= 15 is 0 Å². The van der Waals surface area contributed by atoms with Crippen LogP contribution in [-0.2, 0) is 17.5 Å². The van der Waals surface area contributed by atoms with Gasteiger partial charge in [0.1, 0.15) is 29.8 Å². The second-order valence-corrected chi connectivity index (χ2v) is 8.06. The third kappa shape index (κ3) is 4.95. The molecule has 1 aliphatic heterocycles. The Morgan fingerprint density at radius 1 is 1.12 bits per heavy atom. The molecule has 34 heavy (non-hydrogen) atoms. The summed E-state index contributed by atoms with van der Waals surface area (Å²) in [6, 6.07) is 7.06. The molecule has 0 aliphatic carbocycles. The number of halogens is 4. The van der Waals surface area contributed by atoms with Gasteiger partial charge in [-0.15, -0.1) is 0 Å². The van der Waals surface area contributed by atoms with E-state index in [-0.39, 0.29) is 29.4 Å². The fourth-order valence-corrected chi connectivity index (χ4v) is 3.81. The number of aliphatic hydroxyl groups excluding tert-OH is 2. The summed E-state index contributed by atoms with van der Waals surface area (Å²) in [7, 11) is 0. The van der Waals surface area contributed by atoms with Crippen LogP contribution in [0.1, 0.15) is 17.6 Å². The van der Waals surface area contributed by atoms with E-state index in [1.807, 2.05) is 4.98 Å². The molecule has 2 aromatic heterocycles. The van der Waals surface area contributed by atoms with Gasteiger partial charge in [0, 0.05) is 24.4 Å². The predicted molar refractivity (Wildman–Crippen MR) is 113 cm³/mol. The second-order valence-electron chi connectivity index (χ2n) is 7.65. The van der Waals surface area contributed by atoms with E-state index in [9.17, 15) is 33.0 Å². The van der Waals surface area contributed by atoms with Gasteiger partial charge >= 0.3 is 11.9 Å². The SMILES string of the molecule is O=c1ccn([C@@H]2O[C@H](CNCc3ccc(-c4cc(C(F)(F)F)ccc4Cl)o3)[C@@H](O)[C@H]2O)c(=O)[nH]1. The Morgan fingerprint density at radius 3 is 2.59 bits per heavy atom. The Bertz CT molecular complexity index is 1290. The zero-order valence-corrected chi connectivity index (χ0v) is 18.0. The van der Waals surface area contributed by atoms with Crippen molar-refractivity contribution < 1.29 is 32.5 Å². The van der Waals surface area contributed by atoms with E-state index in [1.54, 1.807) is 6.07 Å². The minimum Gasteiger partial charge on any atom is -0.460 e. The summed E-state index contributed by atoms with van der Waals surface area (Å²) in [5.41, 5.74) is -2.18. The molecule has 1 aliphatic rings. The molecule has 3 heterocycles. The number of nitrogens with one attached hydrogen (secondary N) is 2. The van der Waals surface area contributed by atoms with Crippen molar-refractivity contribution in [3.8, 4) is 11.3 Å². The monoisotopic (exact) mass is 501 g/mol. The van der Waals surface area contributed by atoms with Crippen LogP contribution < -0.4 is 16.6 Å². The third-order valence-electron chi connectivity index (χ3n) is 5.33. The summed E-state index contributed by atoms with van der Waals surface area (Å²) < 4.78 is 51.2. The summed E-state index contributed by atoms with van der Waals surface area (Å²) in [5.74, 6) is 0.530. The molecule has 0 saturated carbocycles. The van der Waals surface area contributed by atoms with Crippen molar-refractivity contribution in [1.29, 1.82) is 0 Å². The van der Waals surface area contributed by atoms with E-state index in [4.69, 9.17) is 20.8 Å². The third-order valence-corrected chi connectivity index (χ3v) is 5.66. The van der Waals surface area contributed by atoms with Gasteiger partial charge in [-0.2, -0.15) is 13.2 Å². The van der Waals surface area contributed by atoms with Crippen LogP contribution in [0.2, 0.25) is 5.02 Å². The number of benzene rings is 1. The molecule has 4 atom stereocenters. The van der Waals surface area contributed by atoms with Gasteiger partial charge in [-0.25, -0.2) is 4.79 Å². The fraction of sp³-hybridized carbons (Fsp3) is 0.333. The average molecular weight is 502 g/mol. The second kappa shape index (κ2) is 9.39. The number of H-pyrrole nitrogens is 1. The summed E-state index contributed by atoms with van der Waals surface area (Å²) in [6.45, 7) is 0.176. The fourth-order valence-electron chi connectivity index (χ4n) is 3.60. The van der Waals surface area contributed by atoms with Gasteiger partial charge < -0.3 is 24.7 Å². The molecular weight excluding hydrogens is 483 g/mol. The van der Waals surface area contributed by atoms with Crippen LogP contribution in [0.25, 0.3) is 11.3 Å². The lowest BCUT2D eigenvalue weighted by Crippen LogP contribution is -2.38. The molecule has 1 aromatic carbocycles. The lowest BCUT2D eigenvalue weighted by atomic mass is 10.1. The maximum atomic E-state index is 13.0. The Hall–Kier alpha value is -2.90. The predicted octanol–water partition coefficient (Wildman–Crippen LogP) is 1.88. The lowest BCUT2D eigenvalue weighted by Gasteiger charge is -2.16. The number of alkyl halides is 3. The molecule has 9 nitrogen and oxygen atoms in total. The van der Waals surface area contributed by atoms with Crippen molar-refractivity contribution in [3.05, 3.63) is 79.8 Å². The van der Waals surface area contributed by atoms with Gasteiger partial charge in [0.15, 0.2) is 6.23 Å². The first kappa shape index (κ1) is 24.2. The quantitative estimate of drug-likeness (QED) is 0.406. The van der Waals surface area contributed by atoms with E-state index in [0.717, 1.165) is 35.0 Å². The highest BCUT2D eigenvalue weighted by Crippen LogP contribution is 2.36. The van der Waals surface area contributed by atoms with Crippen LogP contribution >= 0.6 is 11.6 Å². The van der Waals surface area contributed by atoms with Crippen molar-refractivity contribution in [1.82, 2.24) is 14.9 Å². The van der Waals surface area contributed by atoms with E-state index in [0.29, 0.717) is 5.76 Å². The van der Waals surface area contributed by atoms with Gasteiger partial charge in [0.2, 0.25) is 0 Å². The smallest absolute Gasteiger partial charge is 0.416 e. The van der Waals surface area contributed by atoms with Crippen LogP contribution in [0.5, 0.6) is 0 Å². The first-order valence-electron chi connectivity index (χ1n) is 10.0. The molecule has 4 rings (SSSR count). The highest BCUT2D eigenvalue weighted by atomic mass is 35.5. The standard InChI is InChI=1S/C21H19ClF3N3O6/c22-13-3-1-10(21(23,24)25)7-12(13)14-4-2-11(33-14)8-26-9-15-17(30)18(31)19(34-15)28-6-5-16(29)27-20(28)32/h1-7,15,17-19,26,30-31H,8-9H2,(H,27,29,32)/t15-,17-,18-,19-/m1/s1. The number of aliphatic hydroxyl groups is 2. The highest BCUT2D eigenvalue weighted by Gasteiger charge is 2.43. The Labute approximate surface area is 194 Å². The van der Waals surface area contributed by atoms with Gasteiger partial charge in [-0.1, -0.05) is 11.6 Å². The normalized spacial score (nSPS) is 22.9. The molecule has 0 unspecified atom stereocenters. The number of aromatic amines is 1. The van der Waals surface area contributed by atoms with Gasteiger partial charge in [-0.05, 0) is 30.3 Å². The van der Waals surface area contributed by atoms with Crippen molar-refractivity contribution in [3.63, 3.8) is 0 Å². The summed E-state index contributed by atoms with van der Waals surface area (Å²) in [6.07, 6.45) is -8.22. The van der Waals surface area contributed by atoms with Crippen molar-refractivity contribution in [2.45, 2.75) is 37.3 Å². The molecule has 0 spiro atoms. The first-order valence-corrected chi connectivity index (χ1v) is 10.4. The number of hydrogen-bond donors (Lipinski definition) is 4. The maximum absolute atomic E-state index is 13.0. The summed E-state index contributed by atoms with van der Waals surface area (Å²) in [4.78, 5) is 25.2. The van der Waals surface area contributed by atoms with Gasteiger partial charge in [0.05, 0.1) is 17.1 Å². The molecule has 13 heteroatoms. The minimum atomic E-state index is -4.53. The van der Waals surface area contributed by atoms with Crippen molar-refractivity contribution in [2.75, 3.05) is 6.54 Å². The number of aromatic nitrogens is 2. The average Bonchev–Trinajstić information content (AvgIpc) is 3.34. The number of nitrogens with zero attached hydrogens (tertiary/aromatic N) is 1. The van der Waals surface area contributed by atoms with E-state index in [1.165, 1.54) is 6.07 Å². The van der Waals surface area contributed by atoms with Crippen molar-refractivity contribution >= 4 is 11.6 Å². The molecular formula is C21H19ClF3N3O6. The largest absolute Gasteiger partial charge is 0.460 e. The highest BCUT2D eigenvalue weighted by molar-refractivity contribution is 6.33. The van der Waals surface area contributed by atoms with Crippen LogP contribution in [0.4, 0.5) is 13.2 Å². The lowest BCUT2D eigenvalue weighted by molar-refractivity contribution is -0.137. The number of rotatable bonds is 6. The van der Waals surface area contributed by atoms with Crippen LogP contribution in [0.3, 0.4) is 0 Å². The van der Waals surface area contributed by atoms with Crippen molar-refractivity contribution in [2.24, 2.45) is 0 Å². The van der Waals surface area contributed by atoms with E-state index < -0.39 is 47.5 Å². The molecule has 0 amide bonds. The zero-order chi connectivity index (χ0) is 24.6.